The van der Waals surface area contributed by atoms with Gasteiger partial charge >= 0.3 is 5.97 Å². The second-order valence-electron chi connectivity index (χ2n) is 5.50. The number of aromatic carboxylic acids is 1. The number of ether oxygens (including phenoxy) is 1. The Hall–Kier alpha value is -3.52. The first-order chi connectivity index (χ1) is 12.5. The Morgan fingerprint density at radius 3 is 2.46 bits per heavy atom. The van der Waals surface area contributed by atoms with Gasteiger partial charge in [0.25, 0.3) is 0 Å². The van der Waals surface area contributed by atoms with Gasteiger partial charge in [0.1, 0.15) is 0 Å². The Morgan fingerprint density at radius 1 is 1.27 bits per heavy atom. The minimum atomic E-state index is -1.02. The lowest BCUT2D eigenvalue weighted by molar-refractivity contribution is 0.0697. The standard InChI is InChI=1S/C21H19NO4/c1-3-5-17-10-14(12-19(20(17)23)26-4-2)11-18(13-22)15-6-8-16(9-7-15)21(24)25/h3,6-12,23H,1,4-5H2,2H3,(H,24,25). The number of phenols is 1. The van der Waals surface area contributed by atoms with E-state index in [1.807, 2.05) is 6.92 Å². The van der Waals surface area contributed by atoms with Crippen LogP contribution in [0, 0.1) is 11.3 Å². The molecule has 0 heterocycles. The number of benzene rings is 2. The monoisotopic (exact) mass is 349 g/mol. The van der Waals surface area contributed by atoms with Gasteiger partial charge in [0.15, 0.2) is 11.5 Å². The van der Waals surface area contributed by atoms with E-state index in [0.29, 0.717) is 41.0 Å². The quantitative estimate of drug-likeness (QED) is 0.442. The number of carbonyl (C=O) groups is 1. The van der Waals surface area contributed by atoms with Crippen LogP contribution in [0.15, 0.2) is 49.1 Å². The maximum atomic E-state index is 10.9. The van der Waals surface area contributed by atoms with Crippen LogP contribution in [0.4, 0.5) is 0 Å². The van der Waals surface area contributed by atoms with E-state index in [2.05, 4.69) is 12.6 Å². The average Bonchev–Trinajstić information content (AvgIpc) is 2.63. The SMILES string of the molecule is C=CCc1cc(C=C(C#N)c2ccc(C(=O)O)cc2)cc(OCC)c1O. The molecule has 0 aliphatic carbocycles. The van der Waals surface area contributed by atoms with Crippen LogP contribution in [0.3, 0.4) is 0 Å². The van der Waals surface area contributed by atoms with Gasteiger partial charge < -0.3 is 14.9 Å². The van der Waals surface area contributed by atoms with E-state index in [1.165, 1.54) is 12.1 Å². The molecule has 0 aromatic heterocycles. The number of hydrogen-bond donors (Lipinski definition) is 2. The lowest BCUT2D eigenvalue weighted by Gasteiger charge is -2.11. The smallest absolute Gasteiger partial charge is 0.335 e. The van der Waals surface area contributed by atoms with Gasteiger partial charge in [0.05, 0.1) is 23.8 Å². The number of nitrogens with zero attached hydrogens (tertiary/aromatic N) is 1. The Morgan fingerprint density at radius 2 is 1.92 bits per heavy atom. The summed E-state index contributed by atoms with van der Waals surface area (Å²) < 4.78 is 5.47. The van der Waals surface area contributed by atoms with Crippen molar-refractivity contribution in [2.45, 2.75) is 13.3 Å². The first-order valence-corrected chi connectivity index (χ1v) is 8.05. The molecule has 0 fully saturated rings. The van der Waals surface area contributed by atoms with Crippen molar-refractivity contribution in [1.82, 2.24) is 0 Å². The van der Waals surface area contributed by atoms with Crippen LogP contribution in [-0.2, 0) is 6.42 Å². The topological polar surface area (TPSA) is 90.6 Å². The highest BCUT2D eigenvalue weighted by molar-refractivity contribution is 5.92. The van der Waals surface area contributed by atoms with Crippen molar-refractivity contribution >= 4 is 17.6 Å². The predicted octanol–water partition coefficient (Wildman–Crippen LogP) is 4.28. The minimum Gasteiger partial charge on any atom is -0.504 e. The molecule has 2 N–H and O–H groups in total. The number of rotatable bonds is 7. The van der Waals surface area contributed by atoms with Crippen molar-refractivity contribution in [2.75, 3.05) is 6.61 Å². The number of phenolic OH excluding ortho intramolecular Hbond substituents is 1. The van der Waals surface area contributed by atoms with Crippen molar-refractivity contribution in [1.29, 1.82) is 5.26 Å². The summed E-state index contributed by atoms with van der Waals surface area (Å²) in [6, 6.07) is 11.6. The van der Waals surface area contributed by atoms with Gasteiger partial charge in [-0.05, 0) is 54.8 Å². The number of hydrogen-bond acceptors (Lipinski definition) is 4. The molecule has 0 aliphatic rings. The van der Waals surface area contributed by atoms with E-state index < -0.39 is 5.97 Å². The van der Waals surface area contributed by atoms with Crippen molar-refractivity contribution in [3.8, 4) is 17.6 Å². The van der Waals surface area contributed by atoms with Crippen molar-refractivity contribution in [3.63, 3.8) is 0 Å². The molecular formula is C21H19NO4. The van der Waals surface area contributed by atoms with E-state index >= 15 is 0 Å². The second-order valence-corrected chi connectivity index (χ2v) is 5.50. The van der Waals surface area contributed by atoms with Gasteiger partial charge in [-0.15, -0.1) is 6.58 Å². The largest absolute Gasteiger partial charge is 0.504 e. The lowest BCUT2D eigenvalue weighted by atomic mass is 10.00. The maximum absolute atomic E-state index is 10.9. The summed E-state index contributed by atoms with van der Waals surface area (Å²) >= 11 is 0. The van der Waals surface area contributed by atoms with E-state index in [-0.39, 0.29) is 11.3 Å². The summed E-state index contributed by atoms with van der Waals surface area (Å²) in [4.78, 5) is 10.9. The molecule has 0 bridgehead atoms. The van der Waals surface area contributed by atoms with Crippen molar-refractivity contribution < 1.29 is 19.7 Å². The first-order valence-electron chi connectivity index (χ1n) is 8.05. The van der Waals surface area contributed by atoms with Crippen LogP contribution in [0.2, 0.25) is 0 Å². The van der Waals surface area contributed by atoms with Crippen LogP contribution in [0.25, 0.3) is 11.6 Å². The molecule has 2 aromatic carbocycles. The van der Waals surface area contributed by atoms with Gasteiger partial charge in [-0.3, -0.25) is 0 Å². The fourth-order valence-electron chi connectivity index (χ4n) is 2.49. The van der Waals surface area contributed by atoms with E-state index in [1.54, 1.807) is 36.4 Å². The molecule has 26 heavy (non-hydrogen) atoms. The molecule has 132 valence electrons. The Labute approximate surface area is 152 Å². The lowest BCUT2D eigenvalue weighted by Crippen LogP contribution is -1.96. The minimum absolute atomic E-state index is 0.0632. The summed E-state index contributed by atoms with van der Waals surface area (Å²) in [6.07, 6.45) is 3.81. The van der Waals surface area contributed by atoms with E-state index in [4.69, 9.17) is 9.84 Å². The fraction of sp³-hybridized carbons (Fsp3) is 0.143. The zero-order valence-corrected chi connectivity index (χ0v) is 14.4. The molecule has 0 unspecified atom stereocenters. The highest BCUT2D eigenvalue weighted by atomic mass is 16.5. The summed E-state index contributed by atoms with van der Waals surface area (Å²) in [5.41, 5.74) is 2.48. The van der Waals surface area contributed by atoms with Crippen LogP contribution < -0.4 is 4.74 Å². The Balaban J connectivity index is 2.49. The zero-order chi connectivity index (χ0) is 19.1. The molecule has 0 amide bonds. The number of carboxylic acids is 1. The van der Waals surface area contributed by atoms with Crippen LogP contribution in [0.1, 0.15) is 34.0 Å². The highest BCUT2D eigenvalue weighted by Crippen LogP contribution is 2.33. The van der Waals surface area contributed by atoms with E-state index in [9.17, 15) is 15.2 Å². The highest BCUT2D eigenvalue weighted by Gasteiger charge is 2.11. The molecule has 0 saturated heterocycles. The van der Waals surface area contributed by atoms with E-state index in [0.717, 1.165) is 0 Å². The van der Waals surface area contributed by atoms with Gasteiger partial charge in [-0.2, -0.15) is 5.26 Å². The third-order valence-corrected chi connectivity index (χ3v) is 3.71. The molecule has 2 rings (SSSR count). The predicted molar refractivity (Wildman–Crippen MR) is 100 cm³/mol. The van der Waals surface area contributed by atoms with Crippen LogP contribution in [-0.4, -0.2) is 22.8 Å². The number of aromatic hydroxyl groups is 1. The van der Waals surface area contributed by atoms with Gasteiger partial charge in [0, 0.05) is 5.56 Å². The normalized spacial score (nSPS) is 10.8. The third kappa shape index (κ3) is 4.31. The molecule has 5 heteroatoms. The molecule has 0 atom stereocenters. The Kier molecular flexibility index (Phi) is 6.18. The van der Waals surface area contributed by atoms with Crippen LogP contribution in [0.5, 0.6) is 11.5 Å². The maximum Gasteiger partial charge on any atom is 0.335 e. The van der Waals surface area contributed by atoms with Crippen molar-refractivity contribution in [3.05, 3.63) is 71.3 Å². The summed E-state index contributed by atoms with van der Waals surface area (Å²) in [5.74, 6) is -0.613. The third-order valence-electron chi connectivity index (χ3n) is 3.71. The van der Waals surface area contributed by atoms with Crippen LogP contribution >= 0.6 is 0 Å². The summed E-state index contributed by atoms with van der Waals surface area (Å²) in [7, 11) is 0. The molecule has 0 saturated carbocycles. The molecule has 0 radical (unpaired) electrons. The molecular weight excluding hydrogens is 330 g/mol. The number of allylic oxidation sites excluding steroid dienone is 2. The van der Waals surface area contributed by atoms with Gasteiger partial charge in [-0.25, -0.2) is 4.79 Å². The van der Waals surface area contributed by atoms with Crippen molar-refractivity contribution in [2.24, 2.45) is 0 Å². The number of nitriles is 1. The van der Waals surface area contributed by atoms with Gasteiger partial charge in [-0.1, -0.05) is 18.2 Å². The summed E-state index contributed by atoms with van der Waals surface area (Å²) in [6.45, 7) is 5.90. The number of carboxylic acid groups (broad SMARTS) is 1. The first kappa shape index (κ1) is 18.8. The fourth-order valence-corrected chi connectivity index (χ4v) is 2.49. The molecule has 0 spiro atoms. The zero-order valence-electron chi connectivity index (χ0n) is 14.4. The summed E-state index contributed by atoms with van der Waals surface area (Å²) in [5, 5.41) is 28.7. The molecule has 5 nitrogen and oxygen atoms in total. The average molecular weight is 349 g/mol. The molecule has 0 aliphatic heterocycles. The Bertz CT molecular complexity index is 889. The van der Waals surface area contributed by atoms with Gasteiger partial charge in [0.2, 0.25) is 0 Å². The second kappa shape index (κ2) is 8.54. The molecule has 2 aromatic rings.